The molecule has 0 aromatic heterocycles. The Morgan fingerprint density at radius 1 is 1.08 bits per heavy atom. The van der Waals surface area contributed by atoms with E-state index < -0.39 is 10.0 Å². The molecule has 2 aromatic carbocycles. The predicted octanol–water partition coefficient (Wildman–Crippen LogP) is 2.81. The molecule has 0 radical (unpaired) electrons. The van der Waals surface area contributed by atoms with Gasteiger partial charge in [-0.05, 0) is 29.8 Å². The lowest BCUT2D eigenvalue weighted by molar-refractivity contribution is -0.121. The largest absolute Gasteiger partial charge is 0.352 e. The number of sulfonamides is 1. The Bertz CT molecular complexity index is 777. The molecule has 0 aliphatic carbocycles. The molecule has 24 heavy (non-hydrogen) atoms. The van der Waals surface area contributed by atoms with Crippen LogP contribution >= 0.6 is 11.6 Å². The van der Waals surface area contributed by atoms with Gasteiger partial charge in [0.05, 0.1) is 11.9 Å². The molecular formula is C17H19ClN2O3S. The Morgan fingerprint density at radius 2 is 1.71 bits per heavy atom. The highest BCUT2D eigenvalue weighted by atomic mass is 35.5. The molecule has 0 atom stereocenters. The minimum Gasteiger partial charge on any atom is -0.352 e. The van der Waals surface area contributed by atoms with Crippen LogP contribution in [0.25, 0.3) is 0 Å². The van der Waals surface area contributed by atoms with Gasteiger partial charge in [0.1, 0.15) is 0 Å². The highest BCUT2D eigenvalue weighted by molar-refractivity contribution is 7.92. The molecule has 1 N–H and O–H groups in total. The topological polar surface area (TPSA) is 66.5 Å². The van der Waals surface area contributed by atoms with Crippen molar-refractivity contribution in [1.29, 1.82) is 0 Å². The lowest BCUT2D eigenvalue weighted by atomic mass is 10.2. The van der Waals surface area contributed by atoms with Gasteiger partial charge < -0.3 is 5.32 Å². The summed E-state index contributed by atoms with van der Waals surface area (Å²) < 4.78 is 25.1. The number of hydrogen-bond donors (Lipinski definition) is 1. The molecule has 0 saturated heterocycles. The number of anilines is 1. The summed E-state index contributed by atoms with van der Waals surface area (Å²) in [6.45, 7) is 0.487. The van der Waals surface area contributed by atoms with Crippen LogP contribution in [0, 0.1) is 0 Å². The van der Waals surface area contributed by atoms with Crippen molar-refractivity contribution in [2.24, 2.45) is 0 Å². The van der Waals surface area contributed by atoms with E-state index in [0.717, 1.165) is 11.8 Å². The van der Waals surface area contributed by atoms with Gasteiger partial charge in [0.25, 0.3) is 0 Å². The summed E-state index contributed by atoms with van der Waals surface area (Å²) in [5.74, 6) is -0.207. The minimum absolute atomic E-state index is 0.0705. The van der Waals surface area contributed by atoms with E-state index in [1.54, 1.807) is 24.3 Å². The Hall–Kier alpha value is -2.05. The Balaban J connectivity index is 1.95. The summed E-state index contributed by atoms with van der Waals surface area (Å²) in [5, 5.41) is 3.31. The van der Waals surface area contributed by atoms with Gasteiger partial charge in [-0.2, -0.15) is 0 Å². The maximum absolute atomic E-state index is 12.0. The molecule has 2 aromatic rings. The third-order valence-electron chi connectivity index (χ3n) is 3.39. The van der Waals surface area contributed by atoms with Crippen molar-refractivity contribution < 1.29 is 13.2 Å². The van der Waals surface area contributed by atoms with E-state index in [1.807, 2.05) is 30.3 Å². The highest BCUT2D eigenvalue weighted by Gasteiger charge is 2.18. The molecule has 0 saturated carbocycles. The zero-order chi connectivity index (χ0) is 17.6. The van der Waals surface area contributed by atoms with Gasteiger partial charge in [-0.25, -0.2) is 8.42 Å². The number of amides is 1. The number of benzene rings is 2. The maximum atomic E-state index is 12.0. The summed E-state index contributed by atoms with van der Waals surface area (Å²) in [6.07, 6.45) is 1.19. The molecule has 7 heteroatoms. The second-order valence-electron chi connectivity index (χ2n) is 5.32. The zero-order valence-corrected chi connectivity index (χ0v) is 14.8. The number of carbonyl (C=O) groups is 1. The van der Waals surface area contributed by atoms with Crippen molar-refractivity contribution in [1.82, 2.24) is 5.32 Å². The average molecular weight is 367 g/mol. The van der Waals surface area contributed by atoms with Crippen molar-refractivity contribution >= 4 is 33.2 Å². The van der Waals surface area contributed by atoms with Crippen molar-refractivity contribution in [3.63, 3.8) is 0 Å². The van der Waals surface area contributed by atoms with E-state index in [0.29, 0.717) is 17.3 Å². The van der Waals surface area contributed by atoms with E-state index in [2.05, 4.69) is 5.32 Å². The molecule has 128 valence electrons. The number of halogens is 1. The number of hydrogen-bond acceptors (Lipinski definition) is 3. The zero-order valence-electron chi connectivity index (χ0n) is 13.3. The van der Waals surface area contributed by atoms with Crippen molar-refractivity contribution in [2.75, 3.05) is 17.1 Å². The fourth-order valence-electron chi connectivity index (χ4n) is 2.18. The average Bonchev–Trinajstić information content (AvgIpc) is 2.54. The van der Waals surface area contributed by atoms with Crippen LogP contribution in [0.5, 0.6) is 0 Å². The summed E-state index contributed by atoms with van der Waals surface area (Å²) in [5.41, 5.74) is 1.47. The van der Waals surface area contributed by atoms with Crippen LogP contribution < -0.4 is 9.62 Å². The van der Waals surface area contributed by atoms with E-state index in [9.17, 15) is 13.2 Å². The third kappa shape index (κ3) is 5.54. The fraction of sp³-hybridized carbons (Fsp3) is 0.235. The second kappa shape index (κ2) is 8.17. The Kier molecular flexibility index (Phi) is 6.23. The summed E-state index contributed by atoms with van der Waals surface area (Å²) >= 11 is 5.83. The van der Waals surface area contributed by atoms with E-state index in [4.69, 9.17) is 11.6 Å². The molecule has 0 aliphatic rings. The maximum Gasteiger partial charge on any atom is 0.232 e. The van der Waals surface area contributed by atoms with Crippen molar-refractivity contribution in [3.8, 4) is 0 Å². The van der Waals surface area contributed by atoms with Gasteiger partial charge in [0.15, 0.2) is 0 Å². The van der Waals surface area contributed by atoms with E-state index in [1.165, 1.54) is 4.31 Å². The predicted molar refractivity (Wildman–Crippen MR) is 96.5 cm³/mol. The summed E-state index contributed by atoms with van der Waals surface area (Å²) in [4.78, 5) is 12.0. The second-order valence-corrected chi connectivity index (χ2v) is 7.67. The first kappa shape index (κ1) is 18.3. The smallest absolute Gasteiger partial charge is 0.232 e. The molecule has 0 fully saturated rings. The molecule has 0 spiro atoms. The Labute approximate surface area is 147 Å². The summed E-state index contributed by atoms with van der Waals surface area (Å²) in [7, 11) is -3.48. The molecule has 0 heterocycles. The van der Waals surface area contributed by atoms with Crippen molar-refractivity contribution in [3.05, 3.63) is 65.2 Å². The highest BCUT2D eigenvalue weighted by Crippen LogP contribution is 2.20. The minimum atomic E-state index is -3.48. The van der Waals surface area contributed by atoms with Crippen LogP contribution in [0.15, 0.2) is 54.6 Å². The van der Waals surface area contributed by atoms with Crippen LogP contribution in [-0.2, 0) is 21.4 Å². The van der Waals surface area contributed by atoms with E-state index in [-0.39, 0.29) is 18.9 Å². The summed E-state index contributed by atoms with van der Waals surface area (Å²) in [6, 6.07) is 16.0. The first-order valence-electron chi connectivity index (χ1n) is 7.40. The number of rotatable bonds is 7. The fourth-order valence-corrected chi connectivity index (χ4v) is 3.24. The van der Waals surface area contributed by atoms with Crippen LogP contribution in [0.1, 0.15) is 12.0 Å². The number of nitrogens with zero attached hydrogens (tertiary/aromatic N) is 1. The standard InChI is InChI=1S/C17H19ClN2O3S/c1-24(22,23)20(16-9-7-15(18)8-10-16)12-11-17(21)19-13-14-5-3-2-4-6-14/h2-10H,11-13H2,1H3,(H,19,21). The molecule has 5 nitrogen and oxygen atoms in total. The van der Waals surface area contributed by atoms with Crippen LogP contribution in [0.3, 0.4) is 0 Å². The Morgan fingerprint density at radius 3 is 2.29 bits per heavy atom. The first-order valence-corrected chi connectivity index (χ1v) is 9.63. The molecule has 1 amide bonds. The van der Waals surface area contributed by atoms with Gasteiger partial charge in [-0.3, -0.25) is 9.10 Å². The first-order chi connectivity index (χ1) is 11.4. The van der Waals surface area contributed by atoms with Crippen LogP contribution in [0.4, 0.5) is 5.69 Å². The van der Waals surface area contributed by atoms with Gasteiger partial charge in [-0.1, -0.05) is 41.9 Å². The number of carbonyl (C=O) groups excluding carboxylic acids is 1. The molecule has 0 aliphatic heterocycles. The van der Waals surface area contributed by atoms with Crippen LogP contribution in [0.2, 0.25) is 5.02 Å². The SMILES string of the molecule is CS(=O)(=O)N(CCC(=O)NCc1ccccc1)c1ccc(Cl)cc1. The molecule has 0 bridgehead atoms. The lowest BCUT2D eigenvalue weighted by Gasteiger charge is -2.22. The molecule has 2 rings (SSSR count). The quantitative estimate of drug-likeness (QED) is 0.819. The van der Waals surface area contributed by atoms with E-state index >= 15 is 0 Å². The van der Waals surface area contributed by atoms with Gasteiger partial charge >= 0.3 is 0 Å². The normalized spacial score (nSPS) is 11.1. The molecule has 0 unspecified atom stereocenters. The van der Waals surface area contributed by atoms with Gasteiger partial charge in [0.2, 0.25) is 15.9 Å². The monoisotopic (exact) mass is 366 g/mol. The van der Waals surface area contributed by atoms with Gasteiger partial charge in [0, 0.05) is 24.5 Å². The number of nitrogens with one attached hydrogen (secondary N) is 1. The molecular weight excluding hydrogens is 348 g/mol. The van der Waals surface area contributed by atoms with Crippen molar-refractivity contribution in [2.45, 2.75) is 13.0 Å². The van der Waals surface area contributed by atoms with Crippen LogP contribution in [-0.4, -0.2) is 27.1 Å². The third-order valence-corrected chi connectivity index (χ3v) is 4.84. The lowest BCUT2D eigenvalue weighted by Crippen LogP contribution is -2.34. The van der Waals surface area contributed by atoms with Gasteiger partial charge in [-0.15, -0.1) is 0 Å².